The third-order valence-corrected chi connectivity index (χ3v) is 4.85. The lowest BCUT2D eigenvalue weighted by molar-refractivity contribution is 0.0948. The van der Waals surface area contributed by atoms with Crippen LogP contribution in [0.25, 0.3) is 0 Å². The first-order valence-electron chi connectivity index (χ1n) is 9.90. The van der Waals surface area contributed by atoms with E-state index in [0.717, 1.165) is 22.2 Å². The normalized spacial score (nSPS) is 10.5. The fourth-order valence-corrected chi connectivity index (χ4v) is 3.23. The Morgan fingerprint density at radius 1 is 1.23 bits per heavy atom. The van der Waals surface area contributed by atoms with E-state index in [1.54, 1.807) is 12.1 Å². The van der Waals surface area contributed by atoms with Crippen molar-refractivity contribution < 1.29 is 9.53 Å². The molecule has 0 saturated carbocycles. The SMILES string of the molecule is CCc1ccc(Nc2cc(=O)n(CCNC(=O)c3cccnc3OC)c(=O)[nH]2)cc1C. The largest absolute Gasteiger partial charge is 0.480 e. The van der Waals surface area contributed by atoms with Gasteiger partial charge in [0.1, 0.15) is 11.4 Å². The van der Waals surface area contributed by atoms with E-state index in [2.05, 4.69) is 27.5 Å². The summed E-state index contributed by atoms with van der Waals surface area (Å²) in [7, 11) is 1.42. The third kappa shape index (κ3) is 5.19. The Kier molecular flexibility index (Phi) is 6.86. The summed E-state index contributed by atoms with van der Waals surface area (Å²) in [5.41, 5.74) is 2.38. The Bertz CT molecular complexity index is 1170. The maximum atomic E-state index is 12.4. The second kappa shape index (κ2) is 9.75. The van der Waals surface area contributed by atoms with E-state index >= 15 is 0 Å². The smallest absolute Gasteiger partial charge is 0.329 e. The molecular weight excluding hydrogens is 398 g/mol. The Hall–Kier alpha value is -3.88. The minimum atomic E-state index is -0.565. The Morgan fingerprint density at radius 2 is 2.03 bits per heavy atom. The Labute approximate surface area is 179 Å². The van der Waals surface area contributed by atoms with Crippen LogP contribution in [-0.4, -0.2) is 34.1 Å². The number of carbonyl (C=O) groups is 1. The van der Waals surface area contributed by atoms with Crippen molar-refractivity contribution in [3.05, 3.63) is 80.1 Å². The number of anilines is 2. The zero-order valence-corrected chi connectivity index (χ0v) is 17.7. The summed E-state index contributed by atoms with van der Waals surface area (Å²) in [6.07, 6.45) is 2.45. The highest BCUT2D eigenvalue weighted by Gasteiger charge is 2.13. The fraction of sp³-hybridized carbons (Fsp3) is 0.273. The third-order valence-electron chi connectivity index (χ3n) is 4.85. The van der Waals surface area contributed by atoms with Crippen LogP contribution in [-0.2, 0) is 13.0 Å². The first kappa shape index (κ1) is 21.8. The molecule has 3 rings (SSSR count). The highest BCUT2D eigenvalue weighted by atomic mass is 16.5. The van der Waals surface area contributed by atoms with Gasteiger partial charge in [-0.2, -0.15) is 0 Å². The van der Waals surface area contributed by atoms with E-state index in [1.807, 2.05) is 25.1 Å². The van der Waals surface area contributed by atoms with Gasteiger partial charge < -0.3 is 15.4 Å². The molecule has 3 aromatic rings. The standard InChI is InChI=1S/C22H25N5O4/c1-4-15-7-8-16(12-14(15)2)25-18-13-19(28)27(22(30)26-18)11-10-23-20(29)17-6-5-9-24-21(17)31-3/h5-9,12-13,25H,4,10-11H2,1-3H3,(H,23,29)(H,26,30). The molecule has 0 unspecified atom stereocenters. The molecule has 2 aromatic heterocycles. The van der Waals surface area contributed by atoms with E-state index in [-0.39, 0.29) is 24.5 Å². The number of ether oxygens (including phenoxy) is 1. The first-order valence-corrected chi connectivity index (χ1v) is 9.90. The van der Waals surface area contributed by atoms with Gasteiger partial charge in [-0.05, 0) is 48.7 Å². The van der Waals surface area contributed by atoms with E-state index in [4.69, 9.17) is 4.74 Å². The number of aromatic amines is 1. The summed E-state index contributed by atoms with van der Waals surface area (Å²) in [6.45, 7) is 4.21. The average Bonchev–Trinajstić information content (AvgIpc) is 2.75. The number of rotatable bonds is 8. The predicted octanol–water partition coefficient (Wildman–Crippen LogP) is 1.98. The van der Waals surface area contributed by atoms with Crippen LogP contribution in [0.4, 0.5) is 11.5 Å². The number of methoxy groups -OCH3 is 1. The number of hydrogen-bond acceptors (Lipinski definition) is 6. The lowest BCUT2D eigenvalue weighted by atomic mass is 10.1. The van der Waals surface area contributed by atoms with Gasteiger partial charge in [-0.3, -0.25) is 19.1 Å². The molecule has 9 heteroatoms. The van der Waals surface area contributed by atoms with E-state index < -0.39 is 17.2 Å². The van der Waals surface area contributed by atoms with Crippen LogP contribution in [0.3, 0.4) is 0 Å². The molecule has 9 nitrogen and oxygen atoms in total. The molecule has 31 heavy (non-hydrogen) atoms. The van der Waals surface area contributed by atoms with E-state index in [0.29, 0.717) is 5.82 Å². The number of aromatic nitrogens is 3. The van der Waals surface area contributed by atoms with Crippen molar-refractivity contribution in [3.63, 3.8) is 0 Å². The van der Waals surface area contributed by atoms with Crippen molar-refractivity contribution >= 4 is 17.4 Å². The van der Waals surface area contributed by atoms with Crippen molar-refractivity contribution in [1.29, 1.82) is 0 Å². The minimum Gasteiger partial charge on any atom is -0.480 e. The van der Waals surface area contributed by atoms with E-state index in [1.165, 1.54) is 24.9 Å². The van der Waals surface area contributed by atoms with Crippen molar-refractivity contribution in [2.45, 2.75) is 26.8 Å². The van der Waals surface area contributed by atoms with Crippen LogP contribution < -0.4 is 26.6 Å². The van der Waals surface area contributed by atoms with Gasteiger partial charge in [0.05, 0.1) is 7.11 Å². The summed E-state index contributed by atoms with van der Waals surface area (Å²) >= 11 is 0. The van der Waals surface area contributed by atoms with Crippen molar-refractivity contribution in [1.82, 2.24) is 19.9 Å². The number of H-pyrrole nitrogens is 1. The quantitative estimate of drug-likeness (QED) is 0.510. The van der Waals surface area contributed by atoms with Crippen molar-refractivity contribution in [2.75, 3.05) is 19.0 Å². The molecule has 0 aliphatic rings. The first-order chi connectivity index (χ1) is 14.9. The van der Waals surface area contributed by atoms with Crippen LogP contribution in [0.1, 0.15) is 28.4 Å². The molecule has 2 heterocycles. The van der Waals surface area contributed by atoms with Crippen LogP contribution in [0.2, 0.25) is 0 Å². The summed E-state index contributed by atoms with van der Waals surface area (Å²) in [6, 6.07) is 10.4. The molecule has 1 aromatic carbocycles. The van der Waals surface area contributed by atoms with Gasteiger partial charge in [0.25, 0.3) is 11.5 Å². The zero-order chi connectivity index (χ0) is 22.4. The number of aryl methyl sites for hydroxylation is 2. The molecule has 0 aliphatic heterocycles. The molecule has 0 radical (unpaired) electrons. The zero-order valence-electron chi connectivity index (χ0n) is 17.7. The molecule has 1 amide bonds. The number of amides is 1. The Morgan fingerprint density at radius 3 is 2.71 bits per heavy atom. The molecule has 0 aliphatic carbocycles. The van der Waals surface area contributed by atoms with E-state index in [9.17, 15) is 14.4 Å². The molecule has 0 saturated heterocycles. The molecule has 0 atom stereocenters. The van der Waals surface area contributed by atoms with Crippen LogP contribution >= 0.6 is 0 Å². The molecule has 0 spiro atoms. The van der Waals surface area contributed by atoms with Gasteiger partial charge in [0.15, 0.2) is 0 Å². The molecule has 162 valence electrons. The number of nitrogens with zero attached hydrogens (tertiary/aromatic N) is 2. The van der Waals surface area contributed by atoms with Crippen LogP contribution in [0.15, 0.2) is 52.2 Å². The summed E-state index contributed by atoms with van der Waals surface area (Å²) in [5, 5.41) is 5.71. The topological polar surface area (TPSA) is 118 Å². The monoisotopic (exact) mass is 423 g/mol. The van der Waals surface area contributed by atoms with Crippen molar-refractivity contribution in [2.24, 2.45) is 0 Å². The lowest BCUT2D eigenvalue weighted by Crippen LogP contribution is -2.39. The highest BCUT2D eigenvalue weighted by Crippen LogP contribution is 2.18. The summed E-state index contributed by atoms with van der Waals surface area (Å²) < 4.78 is 6.09. The fourth-order valence-electron chi connectivity index (χ4n) is 3.23. The molecule has 0 fully saturated rings. The van der Waals surface area contributed by atoms with Gasteiger partial charge in [0, 0.05) is 31.0 Å². The maximum absolute atomic E-state index is 12.4. The summed E-state index contributed by atoms with van der Waals surface area (Å²) in [4.78, 5) is 43.7. The maximum Gasteiger partial charge on any atom is 0.329 e. The van der Waals surface area contributed by atoms with Gasteiger partial charge in [-0.25, -0.2) is 9.78 Å². The number of nitrogens with one attached hydrogen (secondary N) is 3. The number of benzene rings is 1. The summed E-state index contributed by atoms with van der Waals surface area (Å²) in [5.74, 6) is 0.102. The minimum absolute atomic E-state index is 0.0209. The molecule has 0 bridgehead atoms. The van der Waals surface area contributed by atoms with Crippen molar-refractivity contribution in [3.8, 4) is 5.88 Å². The highest BCUT2D eigenvalue weighted by molar-refractivity contribution is 5.96. The van der Waals surface area contributed by atoms with Crippen LogP contribution in [0, 0.1) is 6.92 Å². The lowest BCUT2D eigenvalue weighted by Gasteiger charge is -2.11. The number of pyridine rings is 1. The molecule has 3 N–H and O–H groups in total. The molecular formula is C22H25N5O4. The van der Waals surface area contributed by atoms with Gasteiger partial charge >= 0.3 is 5.69 Å². The van der Waals surface area contributed by atoms with Gasteiger partial charge in [-0.15, -0.1) is 0 Å². The Balaban J connectivity index is 1.67. The number of hydrogen-bond donors (Lipinski definition) is 3. The van der Waals surface area contributed by atoms with Gasteiger partial charge in [-0.1, -0.05) is 13.0 Å². The van der Waals surface area contributed by atoms with Gasteiger partial charge in [0.2, 0.25) is 5.88 Å². The average molecular weight is 423 g/mol. The second-order valence-corrected chi connectivity index (χ2v) is 6.91. The van der Waals surface area contributed by atoms with Crippen LogP contribution in [0.5, 0.6) is 5.88 Å². The number of carbonyl (C=O) groups excluding carboxylic acids is 1. The second-order valence-electron chi connectivity index (χ2n) is 6.91. The predicted molar refractivity (Wildman–Crippen MR) is 118 cm³/mol.